The van der Waals surface area contributed by atoms with Gasteiger partial charge >= 0.3 is 5.97 Å². The summed E-state index contributed by atoms with van der Waals surface area (Å²) in [6.45, 7) is 1.88. The second kappa shape index (κ2) is 8.52. The molecular weight excluding hydrogens is 346 g/mol. The Balaban J connectivity index is 1.56. The molecule has 0 radical (unpaired) electrons. The number of amides is 2. The minimum atomic E-state index is -0.366. The molecule has 3 N–H and O–H groups in total. The van der Waals surface area contributed by atoms with Gasteiger partial charge in [0, 0.05) is 24.3 Å². The van der Waals surface area contributed by atoms with E-state index >= 15 is 0 Å². The Morgan fingerprint density at radius 3 is 2.74 bits per heavy atom. The van der Waals surface area contributed by atoms with Crippen molar-refractivity contribution < 1.29 is 19.1 Å². The van der Waals surface area contributed by atoms with E-state index in [-0.39, 0.29) is 36.2 Å². The molecule has 1 aliphatic heterocycles. The van der Waals surface area contributed by atoms with Gasteiger partial charge in [-0.3, -0.25) is 14.4 Å². The number of benzene rings is 1. The third-order valence-electron chi connectivity index (χ3n) is 5.74. The third kappa shape index (κ3) is 4.30. The summed E-state index contributed by atoms with van der Waals surface area (Å²) >= 11 is 0. The number of ether oxygens (including phenoxy) is 1. The highest BCUT2D eigenvalue weighted by molar-refractivity contribution is 5.98. The van der Waals surface area contributed by atoms with Crippen molar-refractivity contribution in [2.45, 2.75) is 32.1 Å². The zero-order valence-electron chi connectivity index (χ0n) is 15.7. The van der Waals surface area contributed by atoms with Crippen LogP contribution in [0.25, 0.3) is 0 Å². The van der Waals surface area contributed by atoms with Crippen LogP contribution in [0, 0.1) is 11.3 Å². The summed E-state index contributed by atoms with van der Waals surface area (Å²) in [5.74, 6) is -0.142. The lowest BCUT2D eigenvalue weighted by Crippen LogP contribution is -2.44. The fourth-order valence-corrected chi connectivity index (χ4v) is 4.13. The van der Waals surface area contributed by atoms with Gasteiger partial charge in [0.05, 0.1) is 18.9 Å². The van der Waals surface area contributed by atoms with Crippen molar-refractivity contribution in [3.05, 3.63) is 29.8 Å². The van der Waals surface area contributed by atoms with E-state index in [1.54, 1.807) is 24.3 Å². The largest absolute Gasteiger partial charge is 0.469 e. The minimum absolute atomic E-state index is 0.0764. The molecular formula is C20H27N3O4. The van der Waals surface area contributed by atoms with Crippen LogP contribution in [0.5, 0.6) is 0 Å². The maximum absolute atomic E-state index is 12.9. The van der Waals surface area contributed by atoms with E-state index in [1.807, 2.05) is 0 Å². The summed E-state index contributed by atoms with van der Waals surface area (Å²) < 4.78 is 4.53. The van der Waals surface area contributed by atoms with Crippen LogP contribution in [-0.4, -0.2) is 44.5 Å². The van der Waals surface area contributed by atoms with Gasteiger partial charge < -0.3 is 20.7 Å². The van der Waals surface area contributed by atoms with Crippen LogP contribution in [0.2, 0.25) is 0 Å². The van der Waals surface area contributed by atoms with E-state index in [4.69, 9.17) is 0 Å². The van der Waals surface area contributed by atoms with Crippen molar-refractivity contribution in [3.8, 4) is 0 Å². The summed E-state index contributed by atoms with van der Waals surface area (Å²) in [4.78, 5) is 36.1. The van der Waals surface area contributed by atoms with Gasteiger partial charge in [-0.25, -0.2) is 0 Å². The fourth-order valence-electron chi connectivity index (χ4n) is 4.13. The van der Waals surface area contributed by atoms with Gasteiger partial charge in [-0.1, -0.05) is 12.8 Å². The Labute approximate surface area is 159 Å². The molecule has 1 aromatic rings. The van der Waals surface area contributed by atoms with Crippen molar-refractivity contribution in [2.75, 3.05) is 32.1 Å². The number of fused-ring (bicyclic) bond motifs is 1. The Kier molecular flexibility index (Phi) is 6.11. The normalized spacial score (nSPS) is 24.0. The Bertz CT molecular complexity index is 704. The summed E-state index contributed by atoms with van der Waals surface area (Å²) in [5, 5.41) is 9.08. The average molecular weight is 373 g/mol. The number of rotatable bonds is 6. The van der Waals surface area contributed by atoms with Gasteiger partial charge in [-0.05, 0) is 49.6 Å². The van der Waals surface area contributed by atoms with Crippen molar-refractivity contribution in [1.82, 2.24) is 10.6 Å². The first kappa shape index (κ1) is 19.4. The first-order valence-electron chi connectivity index (χ1n) is 9.52. The zero-order chi connectivity index (χ0) is 19.3. The molecule has 1 saturated carbocycles. The Hall–Kier alpha value is -2.41. The SMILES string of the molecule is COC(=O)CCNC(=O)c1ccc(NC(=O)[C@@]23CCCC[C@H]2CNC3)cc1. The number of nitrogens with one attached hydrogen (secondary N) is 3. The number of carbonyl (C=O) groups is 3. The monoisotopic (exact) mass is 373 g/mol. The second-order valence-corrected chi connectivity index (χ2v) is 7.34. The molecule has 146 valence electrons. The van der Waals surface area contributed by atoms with E-state index in [0.717, 1.165) is 32.4 Å². The highest BCUT2D eigenvalue weighted by atomic mass is 16.5. The summed E-state index contributed by atoms with van der Waals surface area (Å²) in [5.41, 5.74) is 0.869. The number of hydrogen-bond acceptors (Lipinski definition) is 5. The van der Waals surface area contributed by atoms with Gasteiger partial charge in [-0.15, -0.1) is 0 Å². The molecule has 0 aromatic heterocycles. The molecule has 1 heterocycles. The molecule has 7 nitrogen and oxygen atoms in total. The third-order valence-corrected chi connectivity index (χ3v) is 5.74. The van der Waals surface area contributed by atoms with Crippen molar-refractivity contribution in [3.63, 3.8) is 0 Å². The molecule has 1 aliphatic carbocycles. The first-order valence-corrected chi connectivity index (χ1v) is 9.52. The predicted octanol–water partition coefficient (Wildman–Crippen LogP) is 1.70. The maximum atomic E-state index is 12.9. The highest BCUT2D eigenvalue weighted by Gasteiger charge is 2.49. The van der Waals surface area contributed by atoms with Crippen LogP contribution < -0.4 is 16.0 Å². The van der Waals surface area contributed by atoms with Crippen molar-refractivity contribution in [2.24, 2.45) is 11.3 Å². The predicted molar refractivity (Wildman–Crippen MR) is 101 cm³/mol. The van der Waals surface area contributed by atoms with E-state index in [2.05, 4.69) is 20.7 Å². The number of esters is 1. The summed E-state index contributed by atoms with van der Waals surface area (Å²) in [6, 6.07) is 6.83. The van der Waals surface area contributed by atoms with Gasteiger partial charge in [0.25, 0.3) is 5.91 Å². The number of carbonyl (C=O) groups excluding carboxylic acids is 3. The lowest BCUT2D eigenvalue weighted by molar-refractivity contribution is -0.140. The smallest absolute Gasteiger partial charge is 0.307 e. The molecule has 7 heteroatoms. The molecule has 0 unspecified atom stereocenters. The van der Waals surface area contributed by atoms with Gasteiger partial charge in [-0.2, -0.15) is 0 Å². The zero-order valence-corrected chi connectivity index (χ0v) is 15.7. The minimum Gasteiger partial charge on any atom is -0.469 e. The highest BCUT2D eigenvalue weighted by Crippen LogP contribution is 2.44. The molecule has 0 bridgehead atoms. The summed E-state index contributed by atoms with van der Waals surface area (Å²) in [7, 11) is 1.31. The van der Waals surface area contributed by atoms with Crippen LogP contribution in [0.1, 0.15) is 42.5 Å². The maximum Gasteiger partial charge on any atom is 0.307 e. The van der Waals surface area contributed by atoms with Crippen molar-refractivity contribution >= 4 is 23.5 Å². The second-order valence-electron chi connectivity index (χ2n) is 7.34. The number of methoxy groups -OCH3 is 1. The lowest BCUT2D eigenvalue weighted by Gasteiger charge is -2.37. The van der Waals surface area contributed by atoms with Gasteiger partial charge in [0.1, 0.15) is 0 Å². The van der Waals surface area contributed by atoms with E-state index in [0.29, 0.717) is 17.2 Å². The first-order chi connectivity index (χ1) is 13.0. The molecule has 1 saturated heterocycles. The topological polar surface area (TPSA) is 96.5 Å². The van der Waals surface area contributed by atoms with Crippen LogP contribution in [0.15, 0.2) is 24.3 Å². The molecule has 2 fully saturated rings. The lowest BCUT2D eigenvalue weighted by atomic mass is 9.67. The molecule has 1 aromatic carbocycles. The van der Waals surface area contributed by atoms with Crippen LogP contribution in [0.4, 0.5) is 5.69 Å². The number of hydrogen-bond donors (Lipinski definition) is 3. The van der Waals surface area contributed by atoms with E-state index in [1.165, 1.54) is 13.5 Å². The van der Waals surface area contributed by atoms with Gasteiger partial charge in [0.2, 0.25) is 5.91 Å². The Morgan fingerprint density at radius 1 is 1.22 bits per heavy atom. The van der Waals surface area contributed by atoms with Crippen molar-refractivity contribution in [1.29, 1.82) is 0 Å². The van der Waals surface area contributed by atoms with Crippen LogP contribution in [0.3, 0.4) is 0 Å². The molecule has 2 atom stereocenters. The van der Waals surface area contributed by atoms with Gasteiger partial charge in [0.15, 0.2) is 0 Å². The van der Waals surface area contributed by atoms with E-state index < -0.39 is 0 Å². The Morgan fingerprint density at radius 2 is 2.00 bits per heavy atom. The molecule has 2 aliphatic rings. The molecule has 0 spiro atoms. The summed E-state index contributed by atoms with van der Waals surface area (Å²) in [6.07, 6.45) is 4.45. The molecule has 27 heavy (non-hydrogen) atoms. The quantitative estimate of drug-likeness (QED) is 0.660. The standard InChI is InChI=1S/C20H27N3O4/c1-27-17(24)9-11-22-18(25)14-5-7-16(8-6-14)23-19(26)20-10-3-2-4-15(20)12-21-13-20/h5-8,15,21H,2-4,9-13H2,1H3,(H,22,25)(H,23,26)/t15-,20+/m0/s1. The van der Waals surface area contributed by atoms with E-state index in [9.17, 15) is 14.4 Å². The fraction of sp³-hybridized carbons (Fsp3) is 0.550. The molecule has 2 amide bonds. The van der Waals surface area contributed by atoms with Crippen LogP contribution >= 0.6 is 0 Å². The number of anilines is 1. The van der Waals surface area contributed by atoms with Crippen LogP contribution in [-0.2, 0) is 14.3 Å². The molecule has 3 rings (SSSR count). The average Bonchev–Trinajstić information content (AvgIpc) is 3.13.